The summed E-state index contributed by atoms with van der Waals surface area (Å²) in [4.78, 5) is 21.6. The maximum absolute atomic E-state index is 11.3. The molecular weight excluding hydrogens is 470 g/mol. The van der Waals surface area contributed by atoms with Gasteiger partial charge in [0.05, 0.1) is 0 Å². The molecule has 7 heteroatoms. The van der Waals surface area contributed by atoms with Gasteiger partial charge < -0.3 is 5.73 Å². The first-order valence-corrected chi connectivity index (χ1v) is 11.5. The van der Waals surface area contributed by atoms with Crippen molar-refractivity contribution < 1.29 is 9.59 Å². The number of hydrogen-bond acceptors (Lipinski definition) is 2. The number of unbranched alkanes of at least 4 members (excludes halogenated alkanes) is 11. The topological polar surface area (TPSA) is 72.2 Å². The molecule has 0 aliphatic heterocycles. The van der Waals surface area contributed by atoms with Crippen LogP contribution in [0, 0.1) is 0 Å². The Balaban J connectivity index is -0.000000194. The minimum atomic E-state index is -0.814. The molecule has 0 aromatic carbocycles. The molecule has 3 amide bonds. The van der Waals surface area contributed by atoms with E-state index < -0.39 is 10.4 Å². The third-order valence-corrected chi connectivity index (χ3v) is 6.20. The van der Waals surface area contributed by atoms with Crippen molar-refractivity contribution in [2.75, 3.05) is 0 Å². The van der Waals surface area contributed by atoms with Crippen LogP contribution in [-0.4, -0.2) is 119 Å². The zero-order valence-corrected chi connectivity index (χ0v) is 19.3. The van der Waals surface area contributed by atoms with Crippen molar-refractivity contribution >= 4 is 131 Å². The normalized spacial score (nSPS) is 10.0. The van der Waals surface area contributed by atoms with Gasteiger partial charge in [0, 0.05) is 0 Å². The van der Waals surface area contributed by atoms with Crippen LogP contribution in [0.5, 0.6) is 0 Å². The summed E-state index contributed by atoms with van der Waals surface area (Å²) >= 11 is 3.26. The number of urea groups is 1. The Morgan fingerprint density at radius 3 is 1.21 bits per heavy atom. The molecule has 0 spiro atoms. The number of hydrogen-bond donors (Lipinski definition) is 2. The van der Waals surface area contributed by atoms with Gasteiger partial charge in [-0.05, 0) is 12.8 Å². The van der Waals surface area contributed by atoms with E-state index in [1.54, 1.807) is 0 Å². The third kappa shape index (κ3) is 25.0. The van der Waals surface area contributed by atoms with E-state index in [1.807, 2.05) is 19.2 Å². The molecule has 28 heavy (non-hydrogen) atoms. The molecule has 0 fully saturated rings. The fourth-order valence-electron chi connectivity index (χ4n) is 2.71. The van der Waals surface area contributed by atoms with E-state index in [-0.39, 0.29) is 109 Å². The number of halogens is 1. The van der Waals surface area contributed by atoms with Crippen molar-refractivity contribution in [3.05, 3.63) is 0 Å². The Kier molecular flexibility index (Phi) is 37.6. The van der Waals surface area contributed by atoms with Gasteiger partial charge in [0.2, 0.25) is 5.91 Å². The van der Waals surface area contributed by atoms with E-state index >= 15 is 0 Å². The summed E-state index contributed by atoms with van der Waals surface area (Å²) in [5.74, 6) is -0.375. The van der Waals surface area contributed by atoms with Gasteiger partial charge in [-0.3, -0.25) is 10.1 Å². The summed E-state index contributed by atoms with van der Waals surface area (Å²) in [5, 5.41) is 2.04. The van der Waals surface area contributed by atoms with Crippen LogP contribution in [0.4, 0.5) is 4.79 Å². The molecular formula is C21H45BrK2N2O2. The molecule has 0 saturated carbocycles. The van der Waals surface area contributed by atoms with Gasteiger partial charge in [-0.15, -0.1) is 0 Å². The van der Waals surface area contributed by atoms with Crippen molar-refractivity contribution in [1.29, 1.82) is 0 Å². The van der Waals surface area contributed by atoms with Crippen LogP contribution >= 0.6 is 15.9 Å². The summed E-state index contributed by atoms with van der Waals surface area (Å²) in [6, 6.07) is -0.814. The number of carbonyl (C=O) groups excluding carboxylic acids is 2. The van der Waals surface area contributed by atoms with Crippen LogP contribution in [0.15, 0.2) is 0 Å². The van der Waals surface area contributed by atoms with Gasteiger partial charge in [0.15, 0.2) is 0 Å². The first-order valence-electron chi connectivity index (χ1n) is 10.7. The summed E-state index contributed by atoms with van der Waals surface area (Å²) < 4.78 is -0.665. The second-order valence-electron chi connectivity index (χ2n) is 7.03. The van der Waals surface area contributed by atoms with Gasteiger partial charge in [-0.1, -0.05) is 121 Å². The van der Waals surface area contributed by atoms with Crippen LogP contribution in [0.25, 0.3) is 0 Å². The third-order valence-electron chi connectivity index (χ3n) is 4.72. The Labute approximate surface area is 268 Å². The molecule has 0 bridgehead atoms. The predicted molar refractivity (Wildman–Crippen MR) is 131 cm³/mol. The first kappa shape index (κ1) is 38.0. The molecule has 0 aliphatic rings. The van der Waals surface area contributed by atoms with Gasteiger partial charge in [0.1, 0.15) is 4.32 Å². The molecule has 0 aromatic rings. The molecule has 0 aliphatic carbocycles. The van der Waals surface area contributed by atoms with E-state index in [9.17, 15) is 9.59 Å². The number of nitrogens with two attached hydrogens (primary N) is 1. The zero-order chi connectivity index (χ0) is 20.3. The van der Waals surface area contributed by atoms with E-state index in [0.717, 1.165) is 0 Å². The predicted octanol–water partition coefficient (Wildman–Crippen LogP) is 5.55. The van der Waals surface area contributed by atoms with Crippen LogP contribution < -0.4 is 11.1 Å². The molecule has 4 nitrogen and oxygen atoms in total. The van der Waals surface area contributed by atoms with E-state index in [2.05, 4.69) is 29.8 Å². The average Bonchev–Trinajstić information content (AvgIpc) is 2.62. The molecule has 0 heterocycles. The molecule has 0 radical (unpaired) electrons. The number of rotatable bonds is 14. The SMILES string of the molecule is CCC(Br)(CC)C(=O)NC(N)=O.CCCCCCCCCCCCCC.[KH].[KH]. The number of primary amides is 1. The first-order chi connectivity index (χ1) is 12.4. The molecule has 0 atom stereocenters. The van der Waals surface area contributed by atoms with Crippen molar-refractivity contribution in [1.82, 2.24) is 5.32 Å². The molecule has 0 rings (SSSR count). The number of alkyl halides is 1. The second kappa shape index (κ2) is 27.7. The monoisotopic (exact) mass is 514 g/mol. The van der Waals surface area contributed by atoms with Crippen molar-refractivity contribution in [3.63, 3.8) is 0 Å². The number of imide groups is 1. The zero-order valence-electron chi connectivity index (χ0n) is 17.7. The van der Waals surface area contributed by atoms with Crippen LogP contribution in [0.3, 0.4) is 0 Å². The van der Waals surface area contributed by atoms with Crippen LogP contribution in [-0.2, 0) is 4.79 Å². The van der Waals surface area contributed by atoms with Gasteiger partial charge in [-0.2, -0.15) is 0 Å². The van der Waals surface area contributed by atoms with E-state index in [1.165, 1.54) is 77.0 Å². The van der Waals surface area contributed by atoms with Crippen LogP contribution in [0.2, 0.25) is 0 Å². The average molecular weight is 516 g/mol. The quantitative estimate of drug-likeness (QED) is 0.181. The molecule has 3 N–H and O–H groups in total. The number of amides is 3. The number of carbonyl (C=O) groups is 2. The molecule has 0 saturated heterocycles. The van der Waals surface area contributed by atoms with Gasteiger partial charge in [-0.25, -0.2) is 4.79 Å². The van der Waals surface area contributed by atoms with Crippen LogP contribution in [0.1, 0.15) is 118 Å². The molecule has 0 aromatic heterocycles. The Hall–Kier alpha value is 2.69. The van der Waals surface area contributed by atoms with E-state index in [4.69, 9.17) is 5.73 Å². The van der Waals surface area contributed by atoms with Gasteiger partial charge in [0.25, 0.3) is 0 Å². The van der Waals surface area contributed by atoms with Crippen molar-refractivity contribution in [2.24, 2.45) is 5.73 Å². The summed E-state index contributed by atoms with van der Waals surface area (Å²) in [6.45, 7) is 8.29. The fourth-order valence-corrected chi connectivity index (χ4v) is 2.81. The standard InChI is InChI=1S/C14H30.C7H13BrN2O2.2K.2H/c1-3-5-7-9-11-13-14-12-10-8-6-4-2;1-3-7(8,4-2)5(11)10-6(9)12;;;;/h3-14H2,1-2H3;3-4H2,1-2H3,(H3,9,10,11,12);;;;. The Morgan fingerprint density at radius 2 is 1.00 bits per heavy atom. The molecule has 0 unspecified atom stereocenters. The second-order valence-corrected chi connectivity index (χ2v) is 8.54. The van der Waals surface area contributed by atoms with E-state index in [0.29, 0.717) is 12.8 Å². The minimum absolute atomic E-state index is 0. The summed E-state index contributed by atoms with van der Waals surface area (Å²) in [7, 11) is 0. The maximum atomic E-state index is 11.3. The Bertz CT molecular complexity index is 343. The summed E-state index contributed by atoms with van der Waals surface area (Å²) in [5.41, 5.74) is 4.81. The Morgan fingerprint density at radius 1 is 0.714 bits per heavy atom. The van der Waals surface area contributed by atoms with Crippen molar-refractivity contribution in [3.8, 4) is 0 Å². The fraction of sp³-hybridized carbons (Fsp3) is 0.905. The number of nitrogens with one attached hydrogen (secondary N) is 1. The van der Waals surface area contributed by atoms with Gasteiger partial charge >= 0.3 is 109 Å². The summed E-state index contributed by atoms with van der Waals surface area (Å²) in [6.07, 6.45) is 18.7. The van der Waals surface area contributed by atoms with Crippen molar-refractivity contribution in [2.45, 2.75) is 122 Å². The molecule has 160 valence electrons.